The highest BCUT2D eigenvalue weighted by Gasteiger charge is 2.32. The number of nitrogens with zero attached hydrogens (tertiary/aromatic N) is 4. The van der Waals surface area contributed by atoms with Gasteiger partial charge in [-0.05, 0) is 37.0 Å². The number of anilines is 1. The zero-order valence-electron chi connectivity index (χ0n) is 18.4. The molecule has 8 heteroatoms. The minimum absolute atomic E-state index is 0.0748. The van der Waals surface area contributed by atoms with Crippen LogP contribution in [0.25, 0.3) is 0 Å². The summed E-state index contributed by atoms with van der Waals surface area (Å²) in [6, 6.07) is 15.0. The van der Waals surface area contributed by atoms with E-state index >= 15 is 0 Å². The number of hydrogen-bond donors (Lipinski definition) is 1. The molecule has 2 aliphatic rings. The van der Waals surface area contributed by atoms with Crippen LogP contribution in [-0.2, 0) is 11.3 Å². The van der Waals surface area contributed by atoms with E-state index in [1.165, 1.54) is 11.6 Å². The number of non-ortho nitro benzene ring substituents is 1. The molecule has 0 radical (unpaired) electrons. The van der Waals surface area contributed by atoms with Gasteiger partial charge in [-0.2, -0.15) is 0 Å². The third-order valence-electron chi connectivity index (χ3n) is 6.11. The molecule has 1 saturated heterocycles. The number of rotatable bonds is 7. The summed E-state index contributed by atoms with van der Waals surface area (Å²) in [6.07, 6.45) is 2.55. The van der Waals surface area contributed by atoms with Crippen molar-refractivity contribution < 1.29 is 9.72 Å². The standard InChI is InChI=1S/C24H29N5O3/c1-2-25-24(26-16-18-7-5-8-20(15-18)29(31)32)28-17-19(21-9-3-4-10-22(21)28)12-14-27-13-6-11-23(27)30/h3-5,7-10,15,19H,2,6,11-14,16-17H2,1H3,(H,25,26). The van der Waals surface area contributed by atoms with Crippen LogP contribution in [0, 0.1) is 10.1 Å². The average molecular weight is 436 g/mol. The Bertz CT molecular complexity index is 1020. The van der Waals surface area contributed by atoms with Crippen LogP contribution in [-0.4, -0.2) is 47.9 Å². The summed E-state index contributed by atoms with van der Waals surface area (Å²) in [5, 5.41) is 14.5. The molecule has 1 fully saturated rings. The molecular weight excluding hydrogens is 406 g/mol. The molecule has 8 nitrogen and oxygen atoms in total. The molecule has 2 aromatic rings. The summed E-state index contributed by atoms with van der Waals surface area (Å²) in [5.74, 6) is 1.35. The number of nitro groups is 1. The topological polar surface area (TPSA) is 91.1 Å². The fourth-order valence-electron chi connectivity index (χ4n) is 4.52. The molecule has 168 valence electrons. The maximum Gasteiger partial charge on any atom is 0.269 e. The number of fused-ring (bicyclic) bond motifs is 1. The summed E-state index contributed by atoms with van der Waals surface area (Å²) in [5.41, 5.74) is 3.28. The Morgan fingerprint density at radius 2 is 2.09 bits per heavy atom. The van der Waals surface area contributed by atoms with E-state index in [-0.39, 0.29) is 16.5 Å². The highest BCUT2D eigenvalue weighted by atomic mass is 16.6. The van der Waals surface area contributed by atoms with Gasteiger partial charge in [-0.1, -0.05) is 30.3 Å². The first-order valence-electron chi connectivity index (χ1n) is 11.2. The van der Waals surface area contributed by atoms with Gasteiger partial charge >= 0.3 is 0 Å². The maximum absolute atomic E-state index is 12.0. The van der Waals surface area contributed by atoms with Crippen molar-refractivity contribution in [3.8, 4) is 0 Å². The molecule has 1 atom stereocenters. The summed E-state index contributed by atoms with van der Waals surface area (Å²) in [6.45, 7) is 5.55. The Labute approximate surface area is 188 Å². The largest absolute Gasteiger partial charge is 0.356 e. The second-order valence-corrected chi connectivity index (χ2v) is 8.24. The van der Waals surface area contributed by atoms with E-state index in [1.807, 2.05) is 24.0 Å². The molecule has 1 amide bonds. The molecule has 1 N–H and O–H groups in total. The van der Waals surface area contributed by atoms with E-state index in [9.17, 15) is 14.9 Å². The summed E-state index contributed by atoms with van der Waals surface area (Å²) in [7, 11) is 0. The Morgan fingerprint density at radius 1 is 1.25 bits per heavy atom. The van der Waals surface area contributed by atoms with E-state index in [4.69, 9.17) is 4.99 Å². The van der Waals surface area contributed by atoms with Crippen molar-refractivity contribution in [1.29, 1.82) is 0 Å². The van der Waals surface area contributed by atoms with Crippen molar-refractivity contribution in [2.45, 2.75) is 38.6 Å². The van der Waals surface area contributed by atoms with Crippen molar-refractivity contribution in [1.82, 2.24) is 10.2 Å². The Morgan fingerprint density at radius 3 is 2.84 bits per heavy atom. The normalized spacial score (nSPS) is 18.2. The van der Waals surface area contributed by atoms with E-state index in [1.54, 1.807) is 12.1 Å². The minimum atomic E-state index is -0.384. The number of carbonyl (C=O) groups is 1. The molecule has 2 aliphatic heterocycles. The van der Waals surface area contributed by atoms with Gasteiger partial charge in [0.25, 0.3) is 5.69 Å². The number of likely N-dealkylation sites (tertiary alicyclic amines) is 1. The van der Waals surface area contributed by atoms with E-state index in [2.05, 4.69) is 28.4 Å². The van der Waals surface area contributed by atoms with Crippen LogP contribution < -0.4 is 10.2 Å². The number of carbonyl (C=O) groups excluding carboxylic acids is 1. The first-order valence-corrected chi connectivity index (χ1v) is 11.2. The number of aliphatic imine (C=N–C) groups is 1. The first kappa shape index (κ1) is 21.8. The number of para-hydroxylation sites is 1. The predicted molar refractivity (Wildman–Crippen MR) is 125 cm³/mol. The molecule has 32 heavy (non-hydrogen) atoms. The molecule has 2 heterocycles. The minimum Gasteiger partial charge on any atom is -0.356 e. The van der Waals surface area contributed by atoms with E-state index in [0.29, 0.717) is 18.9 Å². The fourth-order valence-corrected chi connectivity index (χ4v) is 4.52. The molecular formula is C24H29N5O3. The molecule has 2 aromatic carbocycles. The lowest BCUT2D eigenvalue weighted by Gasteiger charge is -2.23. The van der Waals surface area contributed by atoms with Crippen LogP contribution in [0.1, 0.15) is 43.2 Å². The van der Waals surface area contributed by atoms with Crippen LogP contribution in [0.4, 0.5) is 11.4 Å². The third kappa shape index (κ3) is 4.74. The monoisotopic (exact) mass is 435 g/mol. The lowest BCUT2D eigenvalue weighted by molar-refractivity contribution is -0.384. The SMILES string of the molecule is CCNC(=NCc1cccc([N+](=O)[O-])c1)N1CC(CCN2CCCC2=O)c2ccccc21. The Balaban J connectivity index is 1.52. The van der Waals surface area contributed by atoms with Crippen LogP contribution in [0.5, 0.6) is 0 Å². The van der Waals surface area contributed by atoms with Crippen molar-refractivity contribution >= 4 is 23.2 Å². The predicted octanol–water partition coefficient (Wildman–Crippen LogP) is 3.68. The van der Waals surface area contributed by atoms with Crippen LogP contribution >= 0.6 is 0 Å². The van der Waals surface area contributed by atoms with Gasteiger partial charge in [0.05, 0.1) is 11.5 Å². The Kier molecular flexibility index (Phi) is 6.68. The highest BCUT2D eigenvalue weighted by molar-refractivity contribution is 5.98. The Hall–Kier alpha value is -3.42. The van der Waals surface area contributed by atoms with E-state index in [0.717, 1.165) is 56.2 Å². The van der Waals surface area contributed by atoms with Crippen molar-refractivity contribution in [2.24, 2.45) is 4.99 Å². The molecule has 0 saturated carbocycles. The lowest BCUT2D eigenvalue weighted by Crippen LogP contribution is -2.41. The smallest absolute Gasteiger partial charge is 0.269 e. The zero-order valence-corrected chi connectivity index (χ0v) is 18.4. The molecule has 4 rings (SSSR count). The summed E-state index contributed by atoms with van der Waals surface area (Å²) in [4.78, 5) is 31.7. The van der Waals surface area contributed by atoms with Gasteiger partial charge in [-0.25, -0.2) is 4.99 Å². The lowest BCUT2D eigenvalue weighted by atomic mass is 9.98. The number of hydrogen-bond acceptors (Lipinski definition) is 4. The second kappa shape index (κ2) is 9.80. The molecule has 1 unspecified atom stereocenters. The number of nitro benzene ring substituents is 1. The maximum atomic E-state index is 12.0. The quantitative estimate of drug-likeness (QED) is 0.310. The highest BCUT2D eigenvalue weighted by Crippen LogP contribution is 2.38. The average Bonchev–Trinajstić information content (AvgIpc) is 3.38. The van der Waals surface area contributed by atoms with Crippen molar-refractivity contribution in [3.05, 3.63) is 69.8 Å². The van der Waals surface area contributed by atoms with Gasteiger partial charge in [0, 0.05) is 56.3 Å². The van der Waals surface area contributed by atoms with Gasteiger partial charge in [0.2, 0.25) is 5.91 Å². The zero-order chi connectivity index (χ0) is 22.5. The van der Waals surface area contributed by atoms with Gasteiger partial charge in [0.1, 0.15) is 0 Å². The summed E-state index contributed by atoms with van der Waals surface area (Å²) < 4.78 is 0. The first-order chi connectivity index (χ1) is 15.6. The molecule has 0 aliphatic carbocycles. The molecule has 0 bridgehead atoms. The van der Waals surface area contributed by atoms with Crippen LogP contribution in [0.15, 0.2) is 53.5 Å². The number of benzene rings is 2. The molecule has 0 aromatic heterocycles. The number of nitrogens with one attached hydrogen (secondary N) is 1. The van der Waals surface area contributed by atoms with Gasteiger partial charge in [-0.3, -0.25) is 14.9 Å². The second-order valence-electron chi connectivity index (χ2n) is 8.24. The van der Waals surface area contributed by atoms with Gasteiger partial charge < -0.3 is 15.1 Å². The third-order valence-corrected chi connectivity index (χ3v) is 6.11. The molecule has 0 spiro atoms. The van der Waals surface area contributed by atoms with Crippen LogP contribution in [0.3, 0.4) is 0 Å². The van der Waals surface area contributed by atoms with E-state index < -0.39 is 0 Å². The van der Waals surface area contributed by atoms with Crippen molar-refractivity contribution in [3.63, 3.8) is 0 Å². The van der Waals surface area contributed by atoms with Gasteiger partial charge in [-0.15, -0.1) is 0 Å². The number of amides is 1. The summed E-state index contributed by atoms with van der Waals surface area (Å²) >= 11 is 0. The van der Waals surface area contributed by atoms with Crippen molar-refractivity contribution in [2.75, 3.05) is 31.1 Å². The van der Waals surface area contributed by atoms with Crippen LogP contribution in [0.2, 0.25) is 0 Å². The number of guanidine groups is 1. The fraction of sp³-hybridized carbons (Fsp3) is 0.417. The van der Waals surface area contributed by atoms with Gasteiger partial charge in [0.15, 0.2) is 5.96 Å².